The first-order chi connectivity index (χ1) is 17.9. The van der Waals surface area contributed by atoms with Crippen molar-refractivity contribution in [2.75, 3.05) is 51.3 Å². The van der Waals surface area contributed by atoms with Gasteiger partial charge in [-0.1, -0.05) is 11.6 Å². The molecule has 2 aromatic rings. The molecule has 3 amide bonds. The summed E-state index contributed by atoms with van der Waals surface area (Å²) in [6, 6.07) is 5.21. The fourth-order valence-electron chi connectivity index (χ4n) is 4.55. The van der Waals surface area contributed by atoms with Crippen molar-refractivity contribution >= 4 is 35.7 Å². The first-order valence-corrected chi connectivity index (χ1v) is 12.2. The standard InChI is InChI=1S/C24H24ClFN8O3/c1-37-18-13-33(14-18)22(35)21-19(25)12-28-23(30-21)31-4-6-32(7-5-31)24(36)34-20(2-3-29-34)16-8-15(11-27)9-17(26)10-16/h3,8-10,12,18,20H,2,4-7,13-14H2,1H3/t20-/m0/s1. The number of anilines is 1. The van der Waals surface area contributed by atoms with Crippen LogP contribution in [0.15, 0.2) is 29.5 Å². The summed E-state index contributed by atoms with van der Waals surface area (Å²) in [6.45, 7) is 2.61. The van der Waals surface area contributed by atoms with Gasteiger partial charge in [0, 0.05) is 59.0 Å². The van der Waals surface area contributed by atoms with Crippen LogP contribution in [0.1, 0.15) is 34.1 Å². The van der Waals surface area contributed by atoms with Crippen LogP contribution in [0.2, 0.25) is 5.02 Å². The predicted molar refractivity (Wildman–Crippen MR) is 132 cm³/mol. The molecule has 0 saturated carbocycles. The molecule has 0 aliphatic carbocycles. The van der Waals surface area contributed by atoms with E-state index in [2.05, 4.69) is 15.1 Å². The Balaban J connectivity index is 1.23. The van der Waals surface area contributed by atoms with Gasteiger partial charge >= 0.3 is 6.03 Å². The lowest BCUT2D eigenvalue weighted by atomic mass is 10.0. The van der Waals surface area contributed by atoms with Gasteiger partial charge in [-0.15, -0.1) is 0 Å². The number of amides is 3. The van der Waals surface area contributed by atoms with E-state index in [0.29, 0.717) is 57.2 Å². The highest BCUT2D eigenvalue weighted by molar-refractivity contribution is 6.33. The minimum atomic E-state index is -0.532. The molecule has 0 spiro atoms. The van der Waals surface area contributed by atoms with Gasteiger partial charge in [0.15, 0.2) is 5.69 Å². The van der Waals surface area contributed by atoms with Crippen molar-refractivity contribution in [2.24, 2.45) is 5.10 Å². The summed E-state index contributed by atoms with van der Waals surface area (Å²) in [5, 5.41) is 14.9. The summed E-state index contributed by atoms with van der Waals surface area (Å²) >= 11 is 6.22. The van der Waals surface area contributed by atoms with Crippen molar-refractivity contribution < 1.29 is 18.7 Å². The van der Waals surface area contributed by atoms with Crippen molar-refractivity contribution in [1.82, 2.24) is 24.8 Å². The van der Waals surface area contributed by atoms with E-state index in [-0.39, 0.29) is 34.3 Å². The number of hydrogen-bond acceptors (Lipinski definition) is 8. The summed E-state index contributed by atoms with van der Waals surface area (Å²) in [5.74, 6) is -0.439. The number of methoxy groups -OCH3 is 1. The van der Waals surface area contributed by atoms with Crippen molar-refractivity contribution in [3.8, 4) is 6.07 Å². The second-order valence-electron chi connectivity index (χ2n) is 8.97. The molecular weight excluding hydrogens is 503 g/mol. The normalized spacial score (nSPS) is 19.7. The zero-order valence-electron chi connectivity index (χ0n) is 20.0. The van der Waals surface area contributed by atoms with Crippen molar-refractivity contribution in [3.05, 3.63) is 52.1 Å². The SMILES string of the molecule is COC1CN(C(=O)c2nc(N3CCN(C(=O)N4N=CC[C@H]4c4cc(F)cc(C#N)c4)CC3)ncc2Cl)C1. The molecule has 0 bridgehead atoms. The molecule has 13 heteroatoms. The number of halogens is 2. The second-order valence-corrected chi connectivity index (χ2v) is 9.38. The molecule has 1 aromatic carbocycles. The highest BCUT2D eigenvalue weighted by Crippen LogP contribution is 2.31. The van der Waals surface area contributed by atoms with Gasteiger partial charge in [0.25, 0.3) is 5.91 Å². The molecule has 192 valence electrons. The van der Waals surface area contributed by atoms with Crippen LogP contribution in [0.4, 0.5) is 15.1 Å². The third kappa shape index (κ3) is 4.92. The number of hydrogen-bond donors (Lipinski definition) is 0. The van der Waals surface area contributed by atoms with Gasteiger partial charge in [-0.2, -0.15) is 10.4 Å². The maximum absolute atomic E-state index is 14.0. The number of likely N-dealkylation sites (tertiary alicyclic amines) is 1. The van der Waals surface area contributed by atoms with Gasteiger partial charge in [0.05, 0.1) is 35.0 Å². The highest BCUT2D eigenvalue weighted by atomic mass is 35.5. The van der Waals surface area contributed by atoms with Crippen LogP contribution in [0.25, 0.3) is 0 Å². The Morgan fingerprint density at radius 2 is 1.92 bits per heavy atom. The van der Waals surface area contributed by atoms with Gasteiger partial charge < -0.3 is 19.4 Å². The Bertz CT molecular complexity index is 1290. The average molecular weight is 527 g/mol. The van der Waals surface area contributed by atoms with Gasteiger partial charge in [-0.25, -0.2) is 24.2 Å². The number of carbonyl (C=O) groups is 2. The van der Waals surface area contributed by atoms with Crippen LogP contribution < -0.4 is 4.90 Å². The maximum Gasteiger partial charge on any atom is 0.341 e. The zero-order chi connectivity index (χ0) is 26.1. The van der Waals surface area contributed by atoms with E-state index in [4.69, 9.17) is 21.6 Å². The molecule has 0 radical (unpaired) electrons. The predicted octanol–water partition coefficient (Wildman–Crippen LogP) is 2.29. The lowest BCUT2D eigenvalue weighted by Crippen LogP contribution is -2.54. The molecule has 1 aromatic heterocycles. The lowest BCUT2D eigenvalue weighted by molar-refractivity contribution is -0.0194. The molecule has 4 heterocycles. The van der Waals surface area contributed by atoms with E-state index >= 15 is 0 Å². The molecule has 2 fully saturated rings. The van der Waals surface area contributed by atoms with Crippen LogP contribution in [0, 0.1) is 17.1 Å². The molecule has 3 aliphatic rings. The molecule has 1 atom stereocenters. The van der Waals surface area contributed by atoms with Crippen molar-refractivity contribution in [2.45, 2.75) is 18.6 Å². The van der Waals surface area contributed by atoms with E-state index in [0.717, 1.165) is 6.07 Å². The van der Waals surface area contributed by atoms with Crippen molar-refractivity contribution in [1.29, 1.82) is 5.26 Å². The summed E-state index contributed by atoms with van der Waals surface area (Å²) < 4.78 is 19.2. The van der Waals surface area contributed by atoms with Gasteiger partial charge in [0.1, 0.15) is 5.82 Å². The molecule has 3 aliphatic heterocycles. The van der Waals surface area contributed by atoms with Crippen LogP contribution >= 0.6 is 11.6 Å². The first kappa shape index (κ1) is 24.9. The monoisotopic (exact) mass is 526 g/mol. The van der Waals surface area contributed by atoms with E-state index < -0.39 is 11.9 Å². The molecule has 11 nitrogen and oxygen atoms in total. The minimum Gasteiger partial charge on any atom is -0.378 e. The number of piperazine rings is 1. The van der Waals surface area contributed by atoms with E-state index in [1.165, 1.54) is 17.3 Å². The third-order valence-electron chi connectivity index (χ3n) is 6.70. The summed E-state index contributed by atoms with van der Waals surface area (Å²) in [6.07, 6.45) is 3.48. The average Bonchev–Trinajstić information content (AvgIpc) is 3.38. The number of hydrazone groups is 1. The van der Waals surface area contributed by atoms with Crippen LogP contribution in [0.3, 0.4) is 0 Å². The number of nitriles is 1. The largest absolute Gasteiger partial charge is 0.378 e. The van der Waals surface area contributed by atoms with Gasteiger partial charge in [-0.3, -0.25) is 4.79 Å². The molecule has 0 unspecified atom stereocenters. The van der Waals surface area contributed by atoms with Crippen LogP contribution in [-0.2, 0) is 4.74 Å². The fraction of sp³-hybridized carbons (Fsp3) is 0.417. The number of carbonyl (C=O) groups excluding carboxylic acids is 2. The van der Waals surface area contributed by atoms with E-state index in [1.54, 1.807) is 29.2 Å². The Labute approximate surface area is 217 Å². The number of benzene rings is 1. The molecule has 2 saturated heterocycles. The van der Waals surface area contributed by atoms with Crippen molar-refractivity contribution in [3.63, 3.8) is 0 Å². The topological polar surface area (TPSA) is 118 Å². The smallest absolute Gasteiger partial charge is 0.341 e. The summed E-state index contributed by atoms with van der Waals surface area (Å²) in [4.78, 5) is 40.0. The first-order valence-electron chi connectivity index (χ1n) is 11.8. The molecule has 0 N–H and O–H groups in total. The molecule has 37 heavy (non-hydrogen) atoms. The summed E-state index contributed by atoms with van der Waals surface area (Å²) in [5.41, 5.74) is 0.851. The quantitative estimate of drug-likeness (QED) is 0.599. The molecular formula is C24H24ClFN8O3. The maximum atomic E-state index is 14.0. The lowest BCUT2D eigenvalue weighted by Gasteiger charge is -2.38. The Morgan fingerprint density at radius 3 is 2.62 bits per heavy atom. The fourth-order valence-corrected chi connectivity index (χ4v) is 4.72. The molecule has 5 rings (SSSR count). The van der Waals surface area contributed by atoms with Gasteiger partial charge in [-0.05, 0) is 23.8 Å². The Morgan fingerprint density at radius 1 is 1.16 bits per heavy atom. The number of urea groups is 1. The number of ether oxygens (including phenoxy) is 1. The third-order valence-corrected chi connectivity index (χ3v) is 6.97. The highest BCUT2D eigenvalue weighted by Gasteiger charge is 2.35. The number of rotatable bonds is 4. The second kappa shape index (κ2) is 10.3. The number of nitrogens with zero attached hydrogens (tertiary/aromatic N) is 8. The Kier molecular flexibility index (Phi) is 6.90. The van der Waals surface area contributed by atoms with Crippen LogP contribution in [-0.4, -0.2) is 95.4 Å². The van der Waals surface area contributed by atoms with E-state index in [1.807, 2.05) is 11.0 Å². The zero-order valence-corrected chi connectivity index (χ0v) is 20.8. The van der Waals surface area contributed by atoms with Gasteiger partial charge in [0.2, 0.25) is 5.95 Å². The summed E-state index contributed by atoms with van der Waals surface area (Å²) in [7, 11) is 1.61. The Hall–Kier alpha value is -3.82. The van der Waals surface area contributed by atoms with E-state index in [9.17, 15) is 14.0 Å². The van der Waals surface area contributed by atoms with Crippen LogP contribution in [0.5, 0.6) is 0 Å². The minimum absolute atomic E-state index is 0.0171. The number of aromatic nitrogens is 2.